The van der Waals surface area contributed by atoms with Crippen molar-refractivity contribution in [1.29, 1.82) is 0 Å². The molecular formula is C11H16N5O7P. The molecule has 1 saturated carbocycles. The number of anilines is 1. The number of nitrogen functional groups attached to an aromatic ring is 1. The number of nitrogens with zero attached hydrogens (tertiary/aromatic N) is 2. The third kappa shape index (κ3) is 3.14. The van der Waals surface area contributed by atoms with Crippen LogP contribution in [0.25, 0.3) is 11.2 Å². The second-order valence-corrected chi connectivity index (χ2v) is 6.93. The molecule has 12 nitrogen and oxygen atoms in total. The van der Waals surface area contributed by atoms with Crippen LogP contribution >= 0.6 is 7.82 Å². The van der Waals surface area contributed by atoms with Crippen LogP contribution in [0.1, 0.15) is 18.9 Å². The van der Waals surface area contributed by atoms with Gasteiger partial charge in [0.05, 0.1) is 12.7 Å². The molecule has 132 valence electrons. The molecule has 1 aliphatic carbocycles. The fourth-order valence-corrected chi connectivity index (χ4v) is 3.41. The van der Waals surface area contributed by atoms with Gasteiger partial charge in [-0.1, -0.05) is 0 Å². The van der Waals surface area contributed by atoms with Crippen molar-refractivity contribution in [2.24, 2.45) is 5.92 Å². The van der Waals surface area contributed by atoms with Gasteiger partial charge in [-0.3, -0.25) is 23.9 Å². The summed E-state index contributed by atoms with van der Waals surface area (Å²) in [7, 11) is -4.65. The molecule has 7 N–H and O–H groups in total. The average Bonchev–Trinajstić information content (AvgIpc) is 2.96. The number of phosphoric ester groups is 1. The Morgan fingerprint density at radius 2 is 2.04 bits per heavy atom. The Bertz CT molecular complexity index is 927. The minimum absolute atomic E-state index is 0.0291. The summed E-state index contributed by atoms with van der Waals surface area (Å²) in [6, 6.07) is -0.514. The summed E-state index contributed by atoms with van der Waals surface area (Å²) in [6.07, 6.45) is -0.545. The normalized spacial score (nSPS) is 24.7. The lowest BCUT2D eigenvalue weighted by atomic mass is 10.1. The summed E-state index contributed by atoms with van der Waals surface area (Å²) in [6.45, 7) is -0.352. The minimum atomic E-state index is -4.65. The Hall–Kier alpha value is -1.98. The van der Waals surface area contributed by atoms with E-state index in [1.54, 1.807) is 0 Å². The first-order valence-corrected chi connectivity index (χ1v) is 8.57. The molecule has 2 aromatic heterocycles. The van der Waals surface area contributed by atoms with Crippen molar-refractivity contribution in [2.45, 2.75) is 25.0 Å². The van der Waals surface area contributed by atoms with Crippen LogP contribution in [0.2, 0.25) is 0 Å². The average molecular weight is 361 g/mol. The van der Waals surface area contributed by atoms with Crippen LogP contribution in [-0.4, -0.2) is 47.1 Å². The van der Waals surface area contributed by atoms with Crippen LogP contribution in [0.4, 0.5) is 5.95 Å². The van der Waals surface area contributed by atoms with E-state index in [0.29, 0.717) is 0 Å². The van der Waals surface area contributed by atoms with Crippen LogP contribution in [0.15, 0.2) is 9.59 Å². The van der Waals surface area contributed by atoms with Crippen LogP contribution < -0.4 is 17.0 Å². The number of fused-ring (bicyclic) bond motifs is 1. The lowest BCUT2D eigenvalue weighted by Gasteiger charge is -2.14. The number of nitrogens with two attached hydrogens (primary N) is 1. The maximum atomic E-state index is 12.2. The van der Waals surface area contributed by atoms with E-state index in [9.17, 15) is 19.3 Å². The molecule has 0 amide bonds. The first kappa shape index (κ1) is 16.9. The molecule has 0 aromatic carbocycles. The number of hydrogen-bond acceptors (Lipinski definition) is 7. The Balaban J connectivity index is 1.92. The SMILES string of the molecule is Nc1nc2c([nH]c(=O)n2[C@@H]2C[C@H](COP(=O)(O)O)[C@@H](O)C2)c(=O)[nH]1. The van der Waals surface area contributed by atoms with Gasteiger partial charge >= 0.3 is 13.5 Å². The van der Waals surface area contributed by atoms with E-state index in [2.05, 4.69) is 19.5 Å². The van der Waals surface area contributed by atoms with Crippen molar-refractivity contribution in [1.82, 2.24) is 19.5 Å². The Morgan fingerprint density at radius 1 is 1.33 bits per heavy atom. The number of rotatable bonds is 4. The van der Waals surface area contributed by atoms with Gasteiger partial charge in [-0.2, -0.15) is 4.98 Å². The van der Waals surface area contributed by atoms with E-state index in [1.807, 2.05) is 0 Å². The third-order valence-electron chi connectivity index (χ3n) is 4.05. The summed E-state index contributed by atoms with van der Waals surface area (Å²) in [5.74, 6) is -0.723. The fourth-order valence-electron chi connectivity index (χ4n) is 3.02. The topological polar surface area (TPSA) is 197 Å². The first-order chi connectivity index (χ1) is 11.2. The second-order valence-electron chi connectivity index (χ2n) is 5.69. The standard InChI is InChI=1S/C11H16N5O7P/c12-10-14-8-7(9(18)15-10)13-11(19)16(8)5-1-4(6(17)2-5)3-23-24(20,21)22/h4-6,17H,1-3H2,(H,13,19)(H2,20,21,22)(H3,12,14,15,18)/t4-,5-,6+/m1/s1. The molecule has 3 rings (SSSR count). The van der Waals surface area contributed by atoms with Crippen LogP contribution in [0.3, 0.4) is 0 Å². The van der Waals surface area contributed by atoms with Gasteiger partial charge < -0.3 is 20.6 Å². The largest absolute Gasteiger partial charge is 0.469 e. The molecule has 0 aliphatic heterocycles. The van der Waals surface area contributed by atoms with Crippen LogP contribution in [0, 0.1) is 5.92 Å². The fraction of sp³-hybridized carbons (Fsp3) is 0.545. The number of aromatic amines is 2. The van der Waals surface area contributed by atoms with E-state index in [1.165, 1.54) is 4.57 Å². The molecule has 2 heterocycles. The number of H-pyrrole nitrogens is 2. The monoisotopic (exact) mass is 361 g/mol. The lowest BCUT2D eigenvalue weighted by Crippen LogP contribution is -2.21. The number of imidazole rings is 1. The van der Waals surface area contributed by atoms with Crippen molar-refractivity contribution in [3.05, 3.63) is 20.8 Å². The van der Waals surface area contributed by atoms with Crippen LogP contribution in [-0.2, 0) is 9.09 Å². The van der Waals surface area contributed by atoms with Gasteiger partial charge in [0.1, 0.15) is 0 Å². The number of hydrogen-bond donors (Lipinski definition) is 6. The van der Waals surface area contributed by atoms with E-state index in [-0.39, 0.29) is 36.6 Å². The zero-order chi connectivity index (χ0) is 17.6. The number of aliphatic hydroxyl groups excluding tert-OH is 1. The zero-order valence-electron chi connectivity index (χ0n) is 12.2. The molecule has 0 spiro atoms. The molecule has 0 bridgehead atoms. The molecule has 2 aromatic rings. The van der Waals surface area contributed by atoms with Gasteiger partial charge in [0.2, 0.25) is 5.95 Å². The van der Waals surface area contributed by atoms with Crippen LogP contribution in [0.5, 0.6) is 0 Å². The molecule has 0 radical (unpaired) electrons. The van der Waals surface area contributed by atoms with E-state index in [0.717, 1.165) is 0 Å². The maximum absolute atomic E-state index is 12.2. The van der Waals surface area contributed by atoms with E-state index >= 15 is 0 Å². The number of phosphoric acid groups is 1. The van der Waals surface area contributed by atoms with E-state index < -0.39 is 37.1 Å². The second kappa shape index (κ2) is 5.83. The number of nitrogens with one attached hydrogen (secondary N) is 2. The predicted octanol–water partition coefficient (Wildman–Crippen LogP) is -1.58. The molecule has 24 heavy (non-hydrogen) atoms. The van der Waals surface area contributed by atoms with Gasteiger partial charge in [0.25, 0.3) is 5.56 Å². The summed E-state index contributed by atoms with van der Waals surface area (Å²) >= 11 is 0. The smallest absolute Gasteiger partial charge is 0.393 e. The lowest BCUT2D eigenvalue weighted by molar-refractivity contribution is 0.0844. The highest BCUT2D eigenvalue weighted by molar-refractivity contribution is 7.46. The van der Waals surface area contributed by atoms with Crippen molar-refractivity contribution in [3.63, 3.8) is 0 Å². The highest BCUT2D eigenvalue weighted by Gasteiger charge is 2.37. The molecule has 0 saturated heterocycles. The quantitative estimate of drug-likeness (QED) is 0.348. The Labute approximate surface area is 133 Å². The molecular weight excluding hydrogens is 345 g/mol. The molecule has 13 heteroatoms. The zero-order valence-corrected chi connectivity index (χ0v) is 13.1. The highest BCUT2D eigenvalue weighted by Crippen LogP contribution is 2.41. The summed E-state index contributed by atoms with van der Waals surface area (Å²) in [4.78, 5) is 50.1. The summed E-state index contributed by atoms with van der Waals surface area (Å²) < 4.78 is 16.4. The van der Waals surface area contributed by atoms with Gasteiger partial charge in [-0.05, 0) is 12.8 Å². The first-order valence-electron chi connectivity index (χ1n) is 7.04. The van der Waals surface area contributed by atoms with Crippen molar-refractivity contribution in [3.8, 4) is 0 Å². The van der Waals surface area contributed by atoms with Gasteiger partial charge in [0, 0.05) is 12.0 Å². The Morgan fingerprint density at radius 3 is 2.71 bits per heavy atom. The number of aliphatic hydroxyl groups is 1. The molecule has 3 atom stereocenters. The van der Waals surface area contributed by atoms with Crippen molar-refractivity contribution < 1.29 is 24.0 Å². The van der Waals surface area contributed by atoms with Gasteiger partial charge in [0.15, 0.2) is 11.2 Å². The summed E-state index contributed by atoms with van der Waals surface area (Å²) in [5.41, 5.74) is 4.36. The Kier molecular flexibility index (Phi) is 4.10. The number of aromatic nitrogens is 4. The molecule has 1 fully saturated rings. The third-order valence-corrected chi connectivity index (χ3v) is 4.54. The van der Waals surface area contributed by atoms with Gasteiger partial charge in [-0.15, -0.1) is 0 Å². The summed E-state index contributed by atoms with van der Waals surface area (Å²) in [5, 5.41) is 10.1. The maximum Gasteiger partial charge on any atom is 0.469 e. The van der Waals surface area contributed by atoms with Gasteiger partial charge in [-0.25, -0.2) is 9.36 Å². The minimum Gasteiger partial charge on any atom is -0.393 e. The van der Waals surface area contributed by atoms with E-state index in [4.69, 9.17) is 15.5 Å². The molecule has 1 aliphatic rings. The molecule has 0 unspecified atom stereocenters. The predicted molar refractivity (Wildman–Crippen MR) is 81.2 cm³/mol. The van der Waals surface area contributed by atoms with Crippen molar-refractivity contribution >= 4 is 24.9 Å². The van der Waals surface area contributed by atoms with Crippen molar-refractivity contribution in [2.75, 3.05) is 12.3 Å². The highest BCUT2D eigenvalue weighted by atomic mass is 31.2.